The average Bonchev–Trinajstić information content (AvgIpc) is 3.30. The van der Waals surface area contributed by atoms with Gasteiger partial charge in [0.15, 0.2) is 12.4 Å². The van der Waals surface area contributed by atoms with Crippen LogP contribution in [-0.4, -0.2) is 51.3 Å². The molecule has 154 valence electrons. The fourth-order valence-corrected chi connectivity index (χ4v) is 6.75. The molecule has 4 rings (SSSR count). The SMILES string of the molecule is Cc1ccc(C(=O)COC(=O)CCN2C(=O)[C@@H]3[C@H]4C[C@H]([C@H](Br)[C@@H]4Br)[C@@H]3C2=O)cc1. The zero-order valence-electron chi connectivity index (χ0n) is 15.8. The molecule has 1 aliphatic heterocycles. The number of hydrogen-bond donors (Lipinski definition) is 0. The molecule has 0 N–H and O–H groups in total. The number of benzene rings is 1. The summed E-state index contributed by atoms with van der Waals surface area (Å²) in [5.74, 6) is -1.52. The Bertz CT molecular complexity index is 838. The summed E-state index contributed by atoms with van der Waals surface area (Å²) in [6.07, 6.45) is 0.762. The monoisotopic (exact) mass is 525 g/mol. The smallest absolute Gasteiger partial charge is 0.308 e. The van der Waals surface area contributed by atoms with Crippen LogP contribution < -0.4 is 0 Å². The molecule has 6 nitrogen and oxygen atoms in total. The number of amides is 2. The molecule has 0 radical (unpaired) electrons. The number of imide groups is 1. The Balaban J connectivity index is 1.30. The summed E-state index contributed by atoms with van der Waals surface area (Å²) in [7, 11) is 0. The largest absolute Gasteiger partial charge is 0.457 e. The first-order chi connectivity index (χ1) is 13.8. The van der Waals surface area contributed by atoms with Gasteiger partial charge in [0.2, 0.25) is 11.8 Å². The van der Waals surface area contributed by atoms with E-state index < -0.39 is 5.97 Å². The lowest BCUT2D eigenvalue weighted by Gasteiger charge is -2.28. The number of aryl methyl sites for hydroxylation is 1. The molecule has 2 amide bonds. The molecule has 2 bridgehead atoms. The molecule has 6 atom stereocenters. The summed E-state index contributed by atoms with van der Waals surface area (Å²) in [4.78, 5) is 51.3. The van der Waals surface area contributed by atoms with Crippen LogP contribution in [0.15, 0.2) is 24.3 Å². The van der Waals surface area contributed by atoms with E-state index in [-0.39, 0.29) is 70.5 Å². The highest BCUT2D eigenvalue weighted by Gasteiger charge is 2.66. The summed E-state index contributed by atoms with van der Waals surface area (Å²) < 4.78 is 5.05. The highest BCUT2D eigenvalue weighted by Crippen LogP contribution is 2.60. The van der Waals surface area contributed by atoms with Gasteiger partial charge in [-0.1, -0.05) is 61.7 Å². The molecule has 2 saturated carbocycles. The number of alkyl halides is 2. The van der Waals surface area contributed by atoms with Crippen molar-refractivity contribution in [1.29, 1.82) is 0 Å². The van der Waals surface area contributed by atoms with Crippen molar-refractivity contribution in [1.82, 2.24) is 4.90 Å². The van der Waals surface area contributed by atoms with Gasteiger partial charge in [0.25, 0.3) is 0 Å². The summed E-state index contributed by atoms with van der Waals surface area (Å²) in [6, 6.07) is 7.01. The number of ketones is 1. The number of esters is 1. The molecule has 1 saturated heterocycles. The van der Waals surface area contributed by atoms with Crippen LogP contribution in [0.2, 0.25) is 0 Å². The second-order valence-electron chi connectivity index (χ2n) is 8.03. The van der Waals surface area contributed by atoms with Crippen LogP contribution in [0.25, 0.3) is 0 Å². The molecule has 2 aliphatic carbocycles. The van der Waals surface area contributed by atoms with Crippen molar-refractivity contribution < 1.29 is 23.9 Å². The summed E-state index contributed by atoms with van der Waals surface area (Å²) >= 11 is 7.30. The van der Waals surface area contributed by atoms with Crippen molar-refractivity contribution in [2.75, 3.05) is 13.2 Å². The van der Waals surface area contributed by atoms with Crippen LogP contribution in [-0.2, 0) is 19.1 Å². The van der Waals surface area contributed by atoms with E-state index in [2.05, 4.69) is 31.9 Å². The number of likely N-dealkylation sites (tertiary alicyclic amines) is 1. The minimum atomic E-state index is -0.595. The van der Waals surface area contributed by atoms with Gasteiger partial charge in [-0.2, -0.15) is 0 Å². The van der Waals surface area contributed by atoms with Gasteiger partial charge in [-0.3, -0.25) is 24.1 Å². The second-order valence-corrected chi connectivity index (χ2v) is 10.1. The van der Waals surface area contributed by atoms with Gasteiger partial charge in [-0.25, -0.2) is 0 Å². The molecule has 0 unspecified atom stereocenters. The maximum atomic E-state index is 12.8. The van der Waals surface area contributed by atoms with Crippen molar-refractivity contribution in [3.63, 3.8) is 0 Å². The number of rotatable bonds is 6. The average molecular weight is 527 g/mol. The third-order valence-electron chi connectivity index (χ3n) is 6.36. The van der Waals surface area contributed by atoms with Crippen LogP contribution in [0.4, 0.5) is 0 Å². The number of carbonyl (C=O) groups excluding carboxylic acids is 4. The quantitative estimate of drug-likeness (QED) is 0.246. The van der Waals surface area contributed by atoms with Crippen molar-refractivity contribution in [2.45, 2.75) is 29.4 Å². The van der Waals surface area contributed by atoms with E-state index in [1.165, 1.54) is 4.90 Å². The Morgan fingerprint density at radius 2 is 1.59 bits per heavy atom. The van der Waals surface area contributed by atoms with Crippen molar-refractivity contribution in [3.8, 4) is 0 Å². The van der Waals surface area contributed by atoms with Gasteiger partial charge in [0.1, 0.15) is 0 Å². The van der Waals surface area contributed by atoms with Gasteiger partial charge in [0, 0.05) is 21.8 Å². The number of nitrogens with zero attached hydrogens (tertiary/aromatic N) is 1. The molecule has 0 aromatic heterocycles. The summed E-state index contributed by atoms with van der Waals surface area (Å²) in [5, 5.41) is 0. The van der Waals surface area contributed by atoms with E-state index in [1.807, 2.05) is 19.1 Å². The first-order valence-corrected chi connectivity index (χ1v) is 11.5. The third-order valence-corrected chi connectivity index (χ3v) is 9.56. The molecule has 8 heteroatoms. The predicted molar refractivity (Wildman–Crippen MR) is 112 cm³/mol. The Morgan fingerprint density at radius 1 is 1.03 bits per heavy atom. The first-order valence-electron chi connectivity index (χ1n) is 9.68. The molecule has 3 aliphatic rings. The minimum absolute atomic E-state index is 0.00155. The molecular weight excluding hydrogens is 506 g/mol. The van der Waals surface area contributed by atoms with E-state index in [1.54, 1.807) is 12.1 Å². The van der Waals surface area contributed by atoms with Crippen LogP contribution >= 0.6 is 31.9 Å². The topological polar surface area (TPSA) is 80.8 Å². The lowest BCUT2D eigenvalue weighted by molar-refractivity contribution is -0.145. The van der Waals surface area contributed by atoms with Crippen LogP contribution in [0.3, 0.4) is 0 Å². The van der Waals surface area contributed by atoms with Crippen molar-refractivity contribution in [2.24, 2.45) is 23.7 Å². The maximum Gasteiger partial charge on any atom is 0.308 e. The van der Waals surface area contributed by atoms with Gasteiger partial charge in [0.05, 0.1) is 18.3 Å². The Morgan fingerprint density at radius 3 is 2.14 bits per heavy atom. The van der Waals surface area contributed by atoms with Gasteiger partial charge < -0.3 is 4.74 Å². The first kappa shape index (κ1) is 20.7. The predicted octanol–water partition coefficient (Wildman–Crippen LogP) is 2.89. The van der Waals surface area contributed by atoms with Crippen molar-refractivity contribution >= 4 is 55.4 Å². The molecule has 1 heterocycles. The molecule has 1 aromatic carbocycles. The van der Waals surface area contributed by atoms with Gasteiger partial charge >= 0.3 is 5.97 Å². The standard InChI is InChI=1S/C21H21Br2NO5/c1-10-2-4-11(5-3-10)14(25)9-29-15(26)6-7-24-20(27)16-12-8-13(17(16)21(24)28)19(23)18(12)22/h2-5,12-13,16-19H,6-9H2,1H3/t12-,13+,16-,17+,18-,19+. The van der Waals surface area contributed by atoms with E-state index in [0.29, 0.717) is 5.56 Å². The summed E-state index contributed by atoms with van der Waals surface area (Å²) in [5.41, 5.74) is 1.51. The van der Waals surface area contributed by atoms with Gasteiger partial charge in [-0.05, 0) is 25.2 Å². The lowest BCUT2D eigenvalue weighted by Crippen LogP contribution is -2.37. The van der Waals surface area contributed by atoms with Crippen LogP contribution in [0.1, 0.15) is 28.8 Å². The zero-order valence-corrected chi connectivity index (χ0v) is 19.0. The Kier molecular flexibility index (Phi) is 5.68. The van der Waals surface area contributed by atoms with E-state index >= 15 is 0 Å². The van der Waals surface area contributed by atoms with E-state index in [9.17, 15) is 19.2 Å². The third kappa shape index (κ3) is 3.58. The second kappa shape index (κ2) is 7.95. The van der Waals surface area contributed by atoms with Crippen molar-refractivity contribution in [3.05, 3.63) is 35.4 Å². The molecule has 0 spiro atoms. The molecule has 3 fully saturated rings. The minimum Gasteiger partial charge on any atom is -0.457 e. The highest BCUT2D eigenvalue weighted by atomic mass is 79.9. The number of hydrogen-bond acceptors (Lipinski definition) is 5. The number of carbonyl (C=O) groups is 4. The van der Waals surface area contributed by atoms with Gasteiger partial charge in [-0.15, -0.1) is 0 Å². The normalized spacial score (nSPS) is 32.6. The Labute approximate surface area is 185 Å². The van der Waals surface area contributed by atoms with E-state index in [0.717, 1.165) is 12.0 Å². The Hall–Kier alpha value is -1.54. The zero-order chi connectivity index (χ0) is 20.9. The van der Waals surface area contributed by atoms with Crippen LogP contribution in [0, 0.1) is 30.6 Å². The highest BCUT2D eigenvalue weighted by molar-refractivity contribution is 9.12. The molecule has 29 heavy (non-hydrogen) atoms. The summed E-state index contributed by atoms with van der Waals surface area (Å²) in [6.45, 7) is 1.57. The molecular formula is C21H21Br2NO5. The number of fused-ring (bicyclic) bond motifs is 5. The maximum absolute atomic E-state index is 12.8. The van der Waals surface area contributed by atoms with Crippen LogP contribution in [0.5, 0.6) is 0 Å². The fourth-order valence-electron chi connectivity index (χ4n) is 4.88. The lowest BCUT2D eigenvalue weighted by atomic mass is 9.81. The number of ether oxygens (including phenoxy) is 1. The number of halogens is 2. The molecule has 1 aromatic rings. The number of Topliss-reactive ketones (excluding diaryl/α,β-unsaturated/α-hetero) is 1. The fraction of sp³-hybridized carbons (Fsp3) is 0.524. The van der Waals surface area contributed by atoms with E-state index in [4.69, 9.17) is 4.74 Å².